The van der Waals surface area contributed by atoms with Gasteiger partial charge >= 0.3 is 0 Å². The lowest BCUT2D eigenvalue weighted by Crippen LogP contribution is -2.03. The summed E-state index contributed by atoms with van der Waals surface area (Å²) in [7, 11) is 0. The van der Waals surface area contributed by atoms with Gasteiger partial charge in [-0.05, 0) is 17.7 Å². The number of carbonyl (C=O) groups excluding carboxylic acids is 1. The van der Waals surface area contributed by atoms with Crippen LogP contribution in [0.4, 0.5) is 5.69 Å². The molecule has 0 unspecified atom stereocenters. The minimum absolute atomic E-state index is 0.382. The summed E-state index contributed by atoms with van der Waals surface area (Å²) < 4.78 is 0. The topological polar surface area (TPSA) is 55.5 Å². The first kappa shape index (κ1) is 8.69. The number of hydrogen-bond acceptors (Lipinski definition) is 3. The molecule has 0 fully saturated rings. The molecular formula is C11H10N2O. The van der Waals surface area contributed by atoms with Crippen LogP contribution in [0.25, 0.3) is 0 Å². The quantitative estimate of drug-likeness (QED) is 0.673. The van der Waals surface area contributed by atoms with Crippen molar-refractivity contribution in [1.29, 1.82) is 0 Å². The molecule has 0 radical (unpaired) electrons. The summed E-state index contributed by atoms with van der Waals surface area (Å²) in [5.74, 6) is 0. The molecule has 0 aromatic heterocycles. The van der Waals surface area contributed by atoms with Crippen molar-refractivity contribution in [3.8, 4) is 0 Å². The van der Waals surface area contributed by atoms with E-state index in [2.05, 4.69) is 4.99 Å². The van der Waals surface area contributed by atoms with E-state index >= 15 is 0 Å². The summed E-state index contributed by atoms with van der Waals surface area (Å²) in [6.07, 6.45) is 2.99. The first-order valence-corrected chi connectivity index (χ1v) is 4.37. The second kappa shape index (κ2) is 3.46. The van der Waals surface area contributed by atoms with Crippen molar-refractivity contribution >= 4 is 17.7 Å². The average Bonchev–Trinajstić information content (AvgIpc) is 2.35. The van der Waals surface area contributed by atoms with Crippen LogP contribution in [-0.4, -0.2) is 12.0 Å². The van der Waals surface area contributed by atoms with E-state index in [-0.39, 0.29) is 0 Å². The van der Waals surface area contributed by atoms with Crippen LogP contribution in [-0.2, 0) is 11.2 Å². The van der Waals surface area contributed by atoms with Crippen LogP contribution in [0.2, 0.25) is 0 Å². The number of allylic oxidation sites excluding steroid dienone is 2. The number of rotatable bonds is 1. The molecule has 70 valence electrons. The Labute approximate surface area is 82.0 Å². The Morgan fingerprint density at radius 2 is 2.14 bits per heavy atom. The molecule has 0 amide bonds. The Bertz CT molecular complexity index is 433. The minimum Gasteiger partial charge on any atom is -0.402 e. The highest BCUT2D eigenvalue weighted by Crippen LogP contribution is 2.23. The van der Waals surface area contributed by atoms with Crippen molar-refractivity contribution in [2.45, 2.75) is 6.42 Å². The largest absolute Gasteiger partial charge is 0.402 e. The molecule has 1 aliphatic rings. The molecule has 2 N–H and O–H groups in total. The third-order valence-corrected chi connectivity index (χ3v) is 2.09. The molecule has 1 heterocycles. The zero-order chi connectivity index (χ0) is 9.97. The molecule has 0 aliphatic carbocycles. The van der Waals surface area contributed by atoms with Crippen LogP contribution in [0.1, 0.15) is 5.56 Å². The lowest BCUT2D eigenvalue weighted by Gasteiger charge is -2.01. The Hall–Kier alpha value is -1.90. The van der Waals surface area contributed by atoms with Crippen LogP contribution in [0, 0.1) is 0 Å². The van der Waals surface area contributed by atoms with Gasteiger partial charge in [-0.3, -0.25) is 4.79 Å². The van der Waals surface area contributed by atoms with E-state index in [4.69, 9.17) is 5.73 Å². The second-order valence-corrected chi connectivity index (χ2v) is 3.18. The fraction of sp³-hybridized carbons (Fsp3) is 0.0909. The third kappa shape index (κ3) is 1.57. The van der Waals surface area contributed by atoms with E-state index in [0.717, 1.165) is 17.5 Å². The standard InChI is InChI=1S/C11H10N2O/c12-9-5-8-3-1-2-4-11(8)13-10(6-9)7-14/h1-4,6-7H,5,12H2. The van der Waals surface area contributed by atoms with Gasteiger partial charge in [-0.15, -0.1) is 0 Å². The second-order valence-electron chi connectivity index (χ2n) is 3.18. The minimum atomic E-state index is 0.382. The van der Waals surface area contributed by atoms with Crippen molar-refractivity contribution in [3.05, 3.63) is 41.6 Å². The fourth-order valence-corrected chi connectivity index (χ4v) is 1.46. The van der Waals surface area contributed by atoms with Crippen LogP contribution >= 0.6 is 0 Å². The Kier molecular flexibility index (Phi) is 2.14. The average molecular weight is 186 g/mol. The molecule has 0 spiro atoms. The van der Waals surface area contributed by atoms with Crippen LogP contribution in [0.3, 0.4) is 0 Å². The molecule has 3 heteroatoms. The van der Waals surface area contributed by atoms with E-state index in [1.807, 2.05) is 24.3 Å². The van der Waals surface area contributed by atoms with Crippen molar-refractivity contribution < 1.29 is 4.79 Å². The molecule has 0 bridgehead atoms. The number of fused-ring (bicyclic) bond motifs is 1. The van der Waals surface area contributed by atoms with Gasteiger partial charge in [0.1, 0.15) is 5.71 Å². The molecule has 14 heavy (non-hydrogen) atoms. The first-order chi connectivity index (χ1) is 6.79. The van der Waals surface area contributed by atoms with Gasteiger partial charge in [0.05, 0.1) is 5.69 Å². The first-order valence-electron chi connectivity index (χ1n) is 4.37. The summed E-state index contributed by atoms with van der Waals surface area (Å²) in [4.78, 5) is 14.8. The Balaban J connectivity index is 2.56. The monoisotopic (exact) mass is 186 g/mol. The predicted molar refractivity (Wildman–Crippen MR) is 55.6 cm³/mol. The van der Waals surface area contributed by atoms with Gasteiger partial charge < -0.3 is 5.73 Å². The summed E-state index contributed by atoms with van der Waals surface area (Å²) in [5.41, 5.74) is 8.67. The van der Waals surface area contributed by atoms with E-state index in [9.17, 15) is 4.79 Å². The van der Waals surface area contributed by atoms with Crippen molar-refractivity contribution in [2.75, 3.05) is 0 Å². The number of nitrogens with two attached hydrogens (primary N) is 1. The lowest BCUT2D eigenvalue weighted by molar-refractivity contribution is -0.102. The SMILES string of the molecule is NC1=CC(C=O)=Nc2ccccc2C1. The predicted octanol–water partition coefficient (Wildman–Crippen LogP) is 1.36. The van der Waals surface area contributed by atoms with Gasteiger partial charge in [0.2, 0.25) is 0 Å². The number of nitrogens with zero attached hydrogens (tertiary/aromatic N) is 1. The van der Waals surface area contributed by atoms with E-state index in [1.165, 1.54) is 0 Å². The van der Waals surface area contributed by atoms with E-state index in [1.54, 1.807) is 6.08 Å². The summed E-state index contributed by atoms with van der Waals surface area (Å²) >= 11 is 0. The van der Waals surface area contributed by atoms with Crippen molar-refractivity contribution in [3.63, 3.8) is 0 Å². The summed E-state index contributed by atoms with van der Waals surface area (Å²) in [5, 5.41) is 0. The van der Waals surface area contributed by atoms with E-state index in [0.29, 0.717) is 17.8 Å². The molecule has 1 aliphatic heterocycles. The summed E-state index contributed by atoms with van der Waals surface area (Å²) in [6.45, 7) is 0. The highest BCUT2D eigenvalue weighted by molar-refractivity contribution is 6.34. The maximum Gasteiger partial charge on any atom is 0.168 e. The number of para-hydroxylation sites is 1. The van der Waals surface area contributed by atoms with Gasteiger partial charge in [-0.1, -0.05) is 18.2 Å². The van der Waals surface area contributed by atoms with Gasteiger partial charge in [0.25, 0.3) is 0 Å². The Morgan fingerprint density at radius 1 is 1.36 bits per heavy atom. The molecule has 1 aromatic rings. The maximum atomic E-state index is 10.6. The molecule has 1 aromatic carbocycles. The molecule has 0 atom stereocenters. The zero-order valence-corrected chi connectivity index (χ0v) is 7.60. The third-order valence-electron chi connectivity index (χ3n) is 2.09. The molecule has 0 saturated heterocycles. The van der Waals surface area contributed by atoms with Crippen LogP contribution in [0.15, 0.2) is 41.0 Å². The molecule has 3 nitrogen and oxygen atoms in total. The number of hydrogen-bond donors (Lipinski definition) is 1. The molecular weight excluding hydrogens is 176 g/mol. The maximum absolute atomic E-state index is 10.6. The van der Waals surface area contributed by atoms with Gasteiger partial charge in [-0.25, -0.2) is 4.99 Å². The zero-order valence-electron chi connectivity index (χ0n) is 7.60. The smallest absolute Gasteiger partial charge is 0.168 e. The number of aldehydes is 1. The van der Waals surface area contributed by atoms with Gasteiger partial charge in [0.15, 0.2) is 6.29 Å². The fourth-order valence-electron chi connectivity index (χ4n) is 1.46. The van der Waals surface area contributed by atoms with Gasteiger partial charge in [0, 0.05) is 12.1 Å². The number of benzene rings is 1. The van der Waals surface area contributed by atoms with E-state index < -0.39 is 0 Å². The highest BCUT2D eigenvalue weighted by atomic mass is 16.1. The molecule has 2 rings (SSSR count). The highest BCUT2D eigenvalue weighted by Gasteiger charge is 2.07. The normalized spacial score (nSPS) is 14.9. The van der Waals surface area contributed by atoms with Crippen LogP contribution < -0.4 is 5.73 Å². The van der Waals surface area contributed by atoms with Crippen molar-refractivity contribution in [2.24, 2.45) is 10.7 Å². The van der Waals surface area contributed by atoms with Crippen LogP contribution in [0.5, 0.6) is 0 Å². The Morgan fingerprint density at radius 3 is 2.93 bits per heavy atom. The van der Waals surface area contributed by atoms with Crippen molar-refractivity contribution in [1.82, 2.24) is 0 Å². The molecule has 0 saturated carbocycles. The summed E-state index contributed by atoms with van der Waals surface area (Å²) in [6, 6.07) is 7.68. The lowest BCUT2D eigenvalue weighted by atomic mass is 10.1. The van der Waals surface area contributed by atoms with Gasteiger partial charge in [-0.2, -0.15) is 0 Å². The number of carbonyl (C=O) groups is 1. The number of aliphatic imine (C=N–C) groups is 1.